The van der Waals surface area contributed by atoms with Crippen LogP contribution in [0.15, 0.2) is 24.3 Å². The third-order valence-corrected chi connectivity index (χ3v) is 7.73. The largest absolute Gasteiger partial charge is 0.248 e. The molecule has 1 aromatic carbocycles. The van der Waals surface area contributed by atoms with Gasteiger partial charge < -0.3 is 0 Å². The highest BCUT2D eigenvalue weighted by atomic mass is 35.5. The fourth-order valence-corrected chi connectivity index (χ4v) is 6.51. The molecule has 1 rings (SSSR count). The first kappa shape index (κ1) is 19.5. The van der Waals surface area contributed by atoms with Gasteiger partial charge in [0.25, 0.3) is 0 Å². The van der Waals surface area contributed by atoms with Gasteiger partial charge >= 0.3 is 0 Å². The van der Waals surface area contributed by atoms with E-state index in [0.717, 1.165) is 5.56 Å². The van der Waals surface area contributed by atoms with Crippen LogP contribution in [-0.4, -0.2) is 40.1 Å². The third-order valence-electron chi connectivity index (χ3n) is 2.79. The Kier molecular flexibility index (Phi) is 7.45. The highest BCUT2D eigenvalue weighted by Gasteiger charge is 2.33. The van der Waals surface area contributed by atoms with Crippen LogP contribution in [0, 0.1) is 6.92 Å². The van der Waals surface area contributed by atoms with Gasteiger partial charge in [-0.3, -0.25) is 0 Å². The predicted molar refractivity (Wildman–Crippen MR) is 91.9 cm³/mol. The summed E-state index contributed by atoms with van der Waals surface area (Å²) >= 11 is 11.1. The molecule has 0 N–H and O–H groups in total. The number of hydrogen-bond donors (Lipinski definition) is 0. The Morgan fingerprint density at radius 1 is 0.955 bits per heavy atom. The molecular weight excluding hydrogens is 369 g/mol. The number of rotatable bonds is 9. The van der Waals surface area contributed by atoms with Gasteiger partial charge in [0, 0.05) is 11.8 Å². The molecule has 0 fully saturated rings. The molecule has 0 aliphatic rings. The van der Waals surface area contributed by atoms with Gasteiger partial charge in [0.15, 0.2) is 0 Å². The fraction of sp³-hybridized carbons (Fsp3) is 0.538. The summed E-state index contributed by atoms with van der Waals surface area (Å²) in [5, 5.41) is 0. The monoisotopic (exact) mass is 387 g/mol. The van der Waals surface area contributed by atoms with E-state index in [-0.39, 0.29) is 41.8 Å². The molecule has 0 radical (unpaired) electrons. The molecule has 0 aromatic heterocycles. The summed E-state index contributed by atoms with van der Waals surface area (Å²) in [5.74, 6) is -0.375. The summed E-state index contributed by atoms with van der Waals surface area (Å²) in [6, 6.07) is 6.37. The molecule has 9 heteroatoms. The van der Waals surface area contributed by atoms with Crippen molar-refractivity contribution < 1.29 is 16.8 Å². The Hall–Kier alpha value is -0.500. The van der Waals surface area contributed by atoms with Crippen LogP contribution in [0.2, 0.25) is 0 Å². The van der Waals surface area contributed by atoms with Crippen molar-refractivity contribution in [3.8, 4) is 0 Å². The molecular formula is C13H19Cl2NO4S2. The average molecular weight is 388 g/mol. The summed E-state index contributed by atoms with van der Waals surface area (Å²) in [7, 11) is -8.05. The van der Waals surface area contributed by atoms with Crippen molar-refractivity contribution >= 4 is 48.9 Å². The van der Waals surface area contributed by atoms with Crippen molar-refractivity contribution in [1.29, 1.82) is 0 Å². The lowest BCUT2D eigenvalue weighted by Gasteiger charge is -2.24. The summed E-state index contributed by atoms with van der Waals surface area (Å²) in [5.41, 5.74) is 0.881. The van der Waals surface area contributed by atoms with Crippen LogP contribution < -0.4 is 3.71 Å². The maximum Gasteiger partial charge on any atom is 0.248 e. The number of halogens is 2. The Morgan fingerprint density at radius 2 is 1.45 bits per heavy atom. The Bertz CT molecular complexity index is 652. The molecule has 0 aliphatic heterocycles. The summed E-state index contributed by atoms with van der Waals surface area (Å²) in [6.07, 6.45) is 0.356. The van der Waals surface area contributed by atoms with Crippen LogP contribution in [0.3, 0.4) is 0 Å². The standard InChI is InChI=1S/C13H19Cl2NO4S2/c1-12-5-2-6-13(11-12)16(21(17,18)9-3-7-14)22(19,20)10-4-8-15/h2,5-6,11H,3-4,7-10H2,1H3. The molecule has 0 amide bonds. The van der Waals surface area contributed by atoms with Crippen LogP contribution in [0.4, 0.5) is 5.69 Å². The first-order valence-electron chi connectivity index (χ1n) is 6.69. The number of sulfonamides is 2. The predicted octanol–water partition coefficient (Wildman–Crippen LogP) is 2.72. The smallest absolute Gasteiger partial charge is 0.205 e. The van der Waals surface area contributed by atoms with Gasteiger partial charge in [-0.25, -0.2) is 16.8 Å². The van der Waals surface area contributed by atoms with E-state index in [9.17, 15) is 16.8 Å². The van der Waals surface area contributed by atoms with E-state index in [4.69, 9.17) is 23.2 Å². The molecule has 1 aromatic rings. The number of alkyl halides is 2. The van der Waals surface area contributed by atoms with Gasteiger partial charge in [-0.05, 0) is 37.5 Å². The van der Waals surface area contributed by atoms with Crippen molar-refractivity contribution in [2.75, 3.05) is 27.0 Å². The zero-order chi connectivity index (χ0) is 16.8. The summed E-state index contributed by atoms with van der Waals surface area (Å²) in [4.78, 5) is 0. The van der Waals surface area contributed by atoms with E-state index < -0.39 is 20.0 Å². The third kappa shape index (κ3) is 5.30. The lowest BCUT2D eigenvalue weighted by molar-refractivity contribution is 0.583. The van der Waals surface area contributed by atoms with E-state index in [1.54, 1.807) is 19.1 Å². The van der Waals surface area contributed by atoms with Crippen LogP contribution >= 0.6 is 23.2 Å². The Morgan fingerprint density at radius 3 is 1.86 bits per heavy atom. The number of hydrogen-bond acceptors (Lipinski definition) is 4. The Balaban J connectivity index is 3.33. The molecule has 0 spiro atoms. The minimum absolute atomic E-state index is 0.115. The SMILES string of the molecule is Cc1cccc(N(S(=O)(=O)CCCCl)S(=O)(=O)CCCCl)c1. The van der Waals surface area contributed by atoms with Gasteiger partial charge in [0.05, 0.1) is 17.2 Å². The number of nitrogens with zero attached hydrogens (tertiary/aromatic N) is 1. The van der Waals surface area contributed by atoms with E-state index in [1.807, 2.05) is 0 Å². The van der Waals surface area contributed by atoms with E-state index in [1.165, 1.54) is 12.1 Å². The van der Waals surface area contributed by atoms with Crippen molar-refractivity contribution in [3.63, 3.8) is 0 Å². The van der Waals surface area contributed by atoms with Gasteiger partial charge in [0.1, 0.15) is 0 Å². The molecule has 0 heterocycles. The normalized spacial score (nSPS) is 12.3. The zero-order valence-corrected chi connectivity index (χ0v) is 15.3. The van der Waals surface area contributed by atoms with Crippen molar-refractivity contribution in [1.82, 2.24) is 0 Å². The molecule has 22 heavy (non-hydrogen) atoms. The lowest BCUT2D eigenvalue weighted by Crippen LogP contribution is -2.40. The van der Waals surface area contributed by atoms with Gasteiger partial charge in [-0.2, -0.15) is 3.71 Å². The molecule has 0 saturated carbocycles. The van der Waals surface area contributed by atoms with Crippen molar-refractivity contribution in [2.24, 2.45) is 0 Å². The zero-order valence-electron chi connectivity index (χ0n) is 12.2. The first-order chi connectivity index (χ1) is 10.2. The summed E-state index contributed by atoms with van der Waals surface area (Å²) in [6.45, 7) is 1.76. The molecule has 0 unspecified atom stereocenters. The van der Waals surface area contributed by atoms with Crippen LogP contribution in [0.1, 0.15) is 18.4 Å². The Labute approximate surface area is 142 Å². The number of benzene rings is 1. The lowest BCUT2D eigenvalue weighted by atomic mass is 10.2. The quantitative estimate of drug-likeness (QED) is 0.610. The molecule has 0 atom stereocenters. The van der Waals surface area contributed by atoms with Gasteiger partial charge in [-0.15, -0.1) is 23.2 Å². The minimum atomic E-state index is -4.02. The van der Waals surface area contributed by atoms with Crippen LogP contribution in [0.5, 0.6) is 0 Å². The summed E-state index contributed by atoms with van der Waals surface area (Å²) < 4.78 is 50.4. The van der Waals surface area contributed by atoms with Gasteiger partial charge in [0.2, 0.25) is 20.0 Å². The fourth-order valence-electron chi connectivity index (χ4n) is 1.88. The maximum atomic E-state index is 12.5. The first-order valence-corrected chi connectivity index (χ1v) is 11.0. The van der Waals surface area contributed by atoms with Crippen LogP contribution in [0.25, 0.3) is 0 Å². The second-order valence-corrected chi connectivity index (χ2v) is 9.61. The van der Waals surface area contributed by atoms with Crippen LogP contribution in [-0.2, 0) is 20.0 Å². The molecule has 0 aliphatic carbocycles. The number of aryl methyl sites for hydroxylation is 1. The van der Waals surface area contributed by atoms with E-state index in [2.05, 4.69) is 0 Å². The van der Waals surface area contributed by atoms with Gasteiger partial charge in [-0.1, -0.05) is 12.1 Å². The highest BCUT2D eigenvalue weighted by molar-refractivity contribution is 8.10. The molecule has 0 saturated heterocycles. The molecule has 126 valence electrons. The minimum Gasteiger partial charge on any atom is -0.205 e. The van der Waals surface area contributed by atoms with Crippen molar-refractivity contribution in [2.45, 2.75) is 19.8 Å². The molecule has 5 nitrogen and oxygen atoms in total. The van der Waals surface area contributed by atoms with E-state index >= 15 is 0 Å². The maximum absolute atomic E-state index is 12.5. The topological polar surface area (TPSA) is 71.5 Å². The molecule has 0 bridgehead atoms. The van der Waals surface area contributed by atoms with E-state index in [0.29, 0.717) is 3.71 Å². The highest BCUT2D eigenvalue weighted by Crippen LogP contribution is 2.25. The van der Waals surface area contributed by atoms with Crippen molar-refractivity contribution in [3.05, 3.63) is 29.8 Å². The second-order valence-electron chi connectivity index (χ2n) is 4.75. The average Bonchev–Trinajstić information content (AvgIpc) is 2.42. The second kappa shape index (κ2) is 8.38. The number of anilines is 1.